The van der Waals surface area contributed by atoms with Gasteiger partial charge in [0.1, 0.15) is 11.5 Å². The zero-order valence-corrected chi connectivity index (χ0v) is 20.3. The number of aryl methyl sites for hydroxylation is 1. The summed E-state index contributed by atoms with van der Waals surface area (Å²) in [7, 11) is 0. The molecule has 0 bridgehead atoms. The Kier molecular flexibility index (Phi) is 7.08. The second-order valence-corrected chi connectivity index (χ2v) is 8.81. The summed E-state index contributed by atoms with van der Waals surface area (Å²) in [5, 5.41) is 4.23. The number of benzene rings is 3. The van der Waals surface area contributed by atoms with E-state index in [1.165, 1.54) is 5.56 Å². The second-order valence-electron chi connectivity index (χ2n) is 8.81. The molecule has 2 N–H and O–H groups in total. The van der Waals surface area contributed by atoms with Gasteiger partial charge in [0, 0.05) is 48.4 Å². The number of hydrogen-bond donors (Lipinski definition) is 2. The summed E-state index contributed by atoms with van der Waals surface area (Å²) in [5.41, 5.74) is 5.56. The molecule has 0 aliphatic carbocycles. The van der Waals surface area contributed by atoms with E-state index < -0.39 is 0 Å². The normalized spacial score (nSPS) is 11.8. The fourth-order valence-corrected chi connectivity index (χ4v) is 4.61. The van der Waals surface area contributed by atoms with Crippen molar-refractivity contribution in [1.29, 1.82) is 0 Å². The number of hydrogen-bond acceptors (Lipinski definition) is 3. The highest BCUT2D eigenvalue weighted by Gasteiger charge is 2.22. The Bertz CT molecular complexity index is 1440. The molecule has 3 aromatic carbocycles. The van der Waals surface area contributed by atoms with Gasteiger partial charge in [-0.05, 0) is 65.1 Å². The van der Waals surface area contributed by atoms with Crippen LogP contribution >= 0.6 is 0 Å². The first-order chi connectivity index (χ1) is 17.7. The molecule has 5 aromatic rings. The molecule has 2 heterocycles. The van der Waals surface area contributed by atoms with Crippen molar-refractivity contribution in [1.82, 2.24) is 15.3 Å². The maximum Gasteiger partial charge on any atom is 0.221 e. The Morgan fingerprint density at radius 3 is 2.53 bits per heavy atom. The molecule has 0 aliphatic rings. The number of ether oxygens (including phenoxy) is 1. The van der Waals surface area contributed by atoms with Gasteiger partial charge in [-0.15, -0.1) is 0 Å². The highest BCUT2D eigenvalue weighted by Crippen LogP contribution is 2.36. The van der Waals surface area contributed by atoms with Crippen LogP contribution in [0.4, 0.5) is 0 Å². The van der Waals surface area contributed by atoms with Crippen molar-refractivity contribution in [3.8, 4) is 11.5 Å². The summed E-state index contributed by atoms with van der Waals surface area (Å²) in [5.74, 6) is 1.38. The molecule has 1 amide bonds. The van der Waals surface area contributed by atoms with Gasteiger partial charge in [-0.2, -0.15) is 0 Å². The maximum atomic E-state index is 13.2. The number of para-hydroxylation sites is 2. The predicted molar refractivity (Wildman–Crippen MR) is 143 cm³/mol. The smallest absolute Gasteiger partial charge is 0.221 e. The van der Waals surface area contributed by atoms with Gasteiger partial charge >= 0.3 is 0 Å². The molecule has 0 spiro atoms. The number of H-pyrrole nitrogens is 1. The van der Waals surface area contributed by atoms with Crippen LogP contribution in [0.3, 0.4) is 0 Å². The number of carbonyl (C=O) groups is 1. The fourth-order valence-electron chi connectivity index (χ4n) is 4.61. The van der Waals surface area contributed by atoms with Crippen molar-refractivity contribution in [3.05, 3.63) is 126 Å². The summed E-state index contributed by atoms with van der Waals surface area (Å²) >= 11 is 0. The molecule has 0 aliphatic heterocycles. The molecule has 1 atom stereocenters. The van der Waals surface area contributed by atoms with Crippen molar-refractivity contribution in [2.45, 2.75) is 32.2 Å². The number of nitrogens with one attached hydrogen (secondary N) is 2. The van der Waals surface area contributed by atoms with E-state index in [0.29, 0.717) is 13.0 Å². The summed E-state index contributed by atoms with van der Waals surface area (Å²) in [6.07, 6.45) is 6.78. The summed E-state index contributed by atoms with van der Waals surface area (Å²) < 4.78 is 6.11. The molecule has 0 fully saturated rings. The number of rotatable bonds is 9. The van der Waals surface area contributed by atoms with Gasteiger partial charge in [-0.3, -0.25) is 9.78 Å². The van der Waals surface area contributed by atoms with Crippen LogP contribution in [0.5, 0.6) is 11.5 Å². The minimum Gasteiger partial charge on any atom is -0.457 e. The monoisotopic (exact) mass is 475 g/mol. The van der Waals surface area contributed by atoms with Crippen molar-refractivity contribution in [3.63, 3.8) is 0 Å². The van der Waals surface area contributed by atoms with E-state index in [0.717, 1.165) is 45.5 Å². The largest absolute Gasteiger partial charge is 0.457 e. The molecule has 2 aromatic heterocycles. The van der Waals surface area contributed by atoms with E-state index in [4.69, 9.17) is 4.74 Å². The molecule has 5 nitrogen and oxygen atoms in total. The zero-order chi connectivity index (χ0) is 24.7. The molecule has 5 heteroatoms. The van der Waals surface area contributed by atoms with Crippen LogP contribution in [-0.4, -0.2) is 15.9 Å². The number of pyridine rings is 1. The lowest BCUT2D eigenvalue weighted by molar-refractivity contribution is -0.121. The fraction of sp³-hybridized carbons (Fsp3) is 0.161. The molecule has 5 rings (SSSR count). The molecular weight excluding hydrogens is 446 g/mol. The van der Waals surface area contributed by atoms with Crippen LogP contribution in [0, 0.1) is 0 Å². The van der Waals surface area contributed by atoms with Crippen LogP contribution in [-0.2, 0) is 17.8 Å². The Morgan fingerprint density at radius 2 is 1.72 bits per heavy atom. The van der Waals surface area contributed by atoms with Crippen molar-refractivity contribution >= 4 is 16.8 Å². The van der Waals surface area contributed by atoms with E-state index in [1.807, 2.05) is 60.7 Å². The first-order valence-corrected chi connectivity index (χ1v) is 12.3. The third-order valence-corrected chi connectivity index (χ3v) is 6.46. The zero-order valence-electron chi connectivity index (χ0n) is 20.3. The third kappa shape index (κ3) is 5.31. The lowest BCUT2D eigenvalue weighted by Crippen LogP contribution is -2.25. The highest BCUT2D eigenvalue weighted by molar-refractivity contribution is 5.88. The molecule has 0 saturated carbocycles. The SMILES string of the molecule is CCc1cccc2c(C(CC(=O)NCc3ccncc3)c3cccc(Oc4ccccc4)c3)c[nH]c12. The van der Waals surface area contributed by atoms with E-state index in [2.05, 4.69) is 52.7 Å². The van der Waals surface area contributed by atoms with E-state index in [9.17, 15) is 4.79 Å². The van der Waals surface area contributed by atoms with Crippen LogP contribution < -0.4 is 10.1 Å². The van der Waals surface area contributed by atoms with E-state index in [-0.39, 0.29) is 11.8 Å². The first kappa shape index (κ1) is 23.4. The Balaban J connectivity index is 1.47. The molecule has 0 radical (unpaired) electrons. The highest BCUT2D eigenvalue weighted by atomic mass is 16.5. The van der Waals surface area contributed by atoms with Gasteiger partial charge < -0.3 is 15.0 Å². The molecule has 36 heavy (non-hydrogen) atoms. The third-order valence-electron chi connectivity index (χ3n) is 6.46. The van der Waals surface area contributed by atoms with Crippen molar-refractivity contribution < 1.29 is 9.53 Å². The molecule has 1 unspecified atom stereocenters. The Labute approximate surface area is 211 Å². The topological polar surface area (TPSA) is 67.0 Å². The van der Waals surface area contributed by atoms with E-state index >= 15 is 0 Å². The lowest BCUT2D eigenvalue weighted by Gasteiger charge is -2.18. The number of amides is 1. The first-order valence-electron chi connectivity index (χ1n) is 12.3. The van der Waals surface area contributed by atoms with Crippen molar-refractivity contribution in [2.75, 3.05) is 0 Å². The predicted octanol–water partition coefficient (Wildman–Crippen LogP) is 6.76. The number of aromatic nitrogens is 2. The average molecular weight is 476 g/mol. The van der Waals surface area contributed by atoms with Gasteiger partial charge in [0.25, 0.3) is 0 Å². The summed E-state index contributed by atoms with van der Waals surface area (Å²) in [4.78, 5) is 20.7. The summed E-state index contributed by atoms with van der Waals surface area (Å²) in [6.45, 7) is 2.63. The van der Waals surface area contributed by atoms with Gasteiger partial charge in [0.2, 0.25) is 5.91 Å². The van der Waals surface area contributed by atoms with Gasteiger partial charge in [0.15, 0.2) is 0 Å². The minimum absolute atomic E-state index is 0.00723. The van der Waals surface area contributed by atoms with Crippen molar-refractivity contribution in [2.24, 2.45) is 0 Å². The average Bonchev–Trinajstić information content (AvgIpc) is 3.36. The van der Waals surface area contributed by atoms with Crippen LogP contribution in [0.1, 0.15) is 41.5 Å². The van der Waals surface area contributed by atoms with Gasteiger partial charge in [-0.1, -0.05) is 55.5 Å². The molecule has 0 saturated heterocycles. The van der Waals surface area contributed by atoms with Gasteiger partial charge in [0.05, 0.1) is 0 Å². The minimum atomic E-state index is -0.136. The standard InChI is InChI=1S/C31H29N3O2/c1-2-23-8-7-13-27-29(21-34-31(23)27)28(19-30(35)33-20-22-14-16-32-17-15-22)24-9-6-12-26(18-24)36-25-10-4-3-5-11-25/h3-18,21,28,34H,2,19-20H2,1H3,(H,33,35). The molecular formula is C31H29N3O2. The number of nitrogens with zero attached hydrogens (tertiary/aromatic N) is 1. The Morgan fingerprint density at radius 1 is 0.944 bits per heavy atom. The number of carbonyl (C=O) groups excluding carboxylic acids is 1. The number of fused-ring (bicyclic) bond motifs is 1. The second kappa shape index (κ2) is 10.9. The maximum absolute atomic E-state index is 13.2. The lowest BCUT2D eigenvalue weighted by atomic mass is 9.87. The summed E-state index contributed by atoms with van der Waals surface area (Å²) in [6, 6.07) is 28.0. The Hall–Kier alpha value is -4.38. The van der Waals surface area contributed by atoms with Crippen LogP contribution in [0.2, 0.25) is 0 Å². The van der Waals surface area contributed by atoms with E-state index in [1.54, 1.807) is 12.4 Å². The van der Waals surface area contributed by atoms with Crippen LogP contribution in [0.25, 0.3) is 10.9 Å². The quantitative estimate of drug-likeness (QED) is 0.248. The van der Waals surface area contributed by atoms with Gasteiger partial charge in [-0.25, -0.2) is 0 Å². The van der Waals surface area contributed by atoms with Crippen LogP contribution in [0.15, 0.2) is 104 Å². The number of aromatic amines is 1. The molecule has 180 valence electrons.